The molecule has 1 unspecified atom stereocenters. The number of fused-ring (bicyclic) bond motifs is 1. The van der Waals surface area contributed by atoms with Gasteiger partial charge in [0.25, 0.3) is 0 Å². The van der Waals surface area contributed by atoms with Gasteiger partial charge in [-0.15, -0.1) is 0 Å². The predicted octanol–water partition coefficient (Wildman–Crippen LogP) is 3.29. The normalized spacial score (nSPS) is 28.0. The maximum absolute atomic E-state index is 12.8. The Bertz CT molecular complexity index is 766. The van der Waals surface area contributed by atoms with E-state index in [0.717, 1.165) is 50.9 Å². The molecule has 1 aliphatic carbocycles. The van der Waals surface area contributed by atoms with Crippen LogP contribution >= 0.6 is 0 Å². The van der Waals surface area contributed by atoms with Crippen LogP contribution in [-0.2, 0) is 17.6 Å². The number of benzene rings is 1. The first kappa shape index (κ1) is 20.2. The average molecular weight is 400 g/mol. The van der Waals surface area contributed by atoms with Crippen molar-refractivity contribution in [2.24, 2.45) is 11.8 Å². The first-order valence-electron chi connectivity index (χ1n) is 11.1. The molecule has 158 valence electrons. The van der Waals surface area contributed by atoms with Crippen molar-refractivity contribution in [3.05, 3.63) is 29.3 Å². The van der Waals surface area contributed by atoms with Crippen molar-refractivity contribution in [2.75, 3.05) is 31.6 Å². The van der Waals surface area contributed by atoms with Crippen molar-refractivity contribution in [3.8, 4) is 0 Å². The lowest BCUT2D eigenvalue weighted by Gasteiger charge is -2.38. The van der Waals surface area contributed by atoms with Gasteiger partial charge in [0.1, 0.15) is 0 Å². The number of carbonyl (C=O) groups is 2. The third-order valence-corrected chi connectivity index (χ3v) is 7.20. The number of nitrogens with zero attached hydrogens (tertiary/aromatic N) is 2. The molecule has 0 aromatic heterocycles. The number of anilines is 1. The molecule has 1 saturated heterocycles. The van der Waals surface area contributed by atoms with Crippen molar-refractivity contribution < 1.29 is 14.7 Å². The topological polar surface area (TPSA) is 72.9 Å². The van der Waals surface area contributed by atoms with Crippen LogP contribution in [0, 0.1) is 11.8 Å². The zero-order valence-electron chi connectivity index (χ0n) is 17.4. The van der Waals surface area contributed by atoms with E-state index >= 15 is 0 Å². The fourth-order valence-corrected chi connectivity index (χ4v) is 5.55. The summed E-state index contributed by atoms with van der Waals surface area (Å²) in [6, 6.07) is 6.64. The van der Waals surface area contributed by atoms with E-state index in [-0.39, 0.29) is 18.5 Å². The maximum atomic E-state index is 12.8. The molecule has 29 heavy (non-hydrogen) atoms. The first-order valence-corrected chi connectivity index (χ1v) is 11.1. The Morgan fingerprint density at radius 2 is 1.93 bits per heavy atom. The van der Waals surface area contributed by atoms with Gasteiger partial charge in [0.15, 0.2) is 0 Å². The van der Waals surface area contributed by atoms with Crippen molar-refractivity contribution >= 4 is 17.7 Å². The van der Waals surface area contributed by atoms with Crippen LogP contribution < -0.4 is 10.2 Å². The minimum Gasteiger partial charge on any atom is -0.481 e. The third kappa shape index (κ3) is 4.42. The van der Waals surface area contributed by atoms with E-state index in [4.69, 9.17) is 5.11 Å². The molecule has 0 radical (unpaired) electrons. The van der Waals surface area contributed by atoms with Gasteiger partial charge < -0.3 is 15.3 Å². The molecule has 4 rings (SSSR count). The van der Waals surface area contributed by atoms with Gasteiger partial charge in [-0.25, -0.2) is 4.79 Å². The molecule has 1 aromatic rings. The lowest BCUT2D eigenvalue weighted by atomic mass is 9.73. The van der Waals surface area contributed by atoms with Gasteiger partial charge in [0.2, 0.25) is 0 Å². The highest BCUT2D eigenvalue weighted by Crippen LogP contribution is 2.39. The van der Waals surface area contributed by atoms with Gasteiger partial charge >= 0.3 is 12.0 Å². The molecular formula is C23H33N3O3. The molecule has 1 saturated carbocycles. The second-order valence-corrected chi connectivity index (χ2v) is 9.02. The predicted molar refractivity (Wildman–Crippen MR) is 113 cm³/mol. The number of aliphatic carboxylic acids is 1. The summed E-state index contributed by atoms with van der Waals surface area (Å²) in [5, 5.41) is 12.2. The lowest BCUT2D eigenvalue weighted by Crippen LogP contribution is -2.43. The summed E-state index contributed by atoms with van der Waals surface area (Å²) in [7, 11) is 2.16. The number of likely N-dealkylation sites (N-methyl/N-ethyl adjacent to an activating group) is 1. The maximum Gasteiger partial charge on any atom is 0.322 e. The van der Waals surface area contributed by atoms with Crippen LogP contribution in [0.15, 0.2) is 18.2 Å². The summed E-state index contributed by atoms with van der Waals surface area (Å²) in [5.41, 5.74) is 3.75. The van der Waals surface area contributed by atoms with Gasteiger partial charge in [-0.05, 0) is 67.8 Å². The number of carbonyl (C=O) groups excluding carboxylic acids is 1. The minimum atomic E-state index is -0.720. The molecule has 0 bridgehead atoms. The Balaban J connectivity index is 1.57. The summed E-state index contributed by atoms with van der Waals surface area (Å²) >= 11 is 0. The SMILES string of the molecule is CN1CCc2ccc(N3C(=O)NCC3[C@@H]3CCCC[C@H]3CCC(=O)O)cc2CC1. The van der Waals surface area contributed by atoms with Gasteiger partial charge in [0.05, 0.1) is 6.04 Å². The molecule has 3 atom stereocenters. The molecule has 6 nitrogen and oxygen atoms in total. The first-order chi connectivity index (χ1) is 14.0. The molecule has 1 aromatic carbocycles. The number of carboxylic acid groups (broad SMARTS) is 1. The Labute approximate surface area is 173 Å². The smallest absolute Gasteiger partial charge is 0.322 e. The number of urea groups is 1. The Hall–Kier alpha value is -2.08. The monoisotopic (exact) mass is 399 g/mol. The number of hydrogen-bond donors (Lipinski definition) is 2. The lowest BCUT2D eigenvalue weighted by molar-refractivity contribution is -0.137. The van der Waals surface area contributed by atoms with Crippen molar-refractivity contribution in [1.82, 2.24) is 10.2 Å². The summed E-state index contributed by atoms with van der Waals surface area (Å²) in [4.78, 5) is 28.2. The molecule has 2 amide bonds. The van der Waals surface area contributed by atoms with E-state index in [1.54, 1.807) is 0 Å². The van der Waals surface area contributed by atoms with Crippen molar-refractivity contribution in [3.63, 3.8) is 0 Å². The largest absolute Gasteiger partial charge is 0.481 e. The molecular weight excluding hydrogens is 366 g/mol. The summed E-state index contributed by atoms with van der Waals surface area (Å²) in [6.07, 6.45) is 7.51. The number of nitrogens with one attached hydrogen (secondary N) is 1. The highest BCUT2D eigenvalue weighted by Gasteiger charge is 2.41. The number of carboxylic acids is 1. The van der Waals surface area contributed by atoms with E-state index in [0.29, 0.717) is 18.4 Å². The second kappa shape index (κ2) is 8.74. The van der Waals surface area contributed by atoms with E-state index in [1.807, 2.05) is 4.90 Å². The average Bonchev–Trinajstić information content (AvgIpc) is 3.00. The van der Waals surface area contributed by atoms with Gasteiger partial charge in [-0.3, -0.25) is 9.69 Å². The third-order valence-electron chi connectivity index (χ3n) is 7.20. The van der Waals surface area contributed by atoms with Crippen LogP contribution in [0.3, 0.4) is 0 Å². The minimum absolute atomic E-state index is 0.0109. The summed E-state index contributed by atoms with van der Waals surface area (Å²) in [6.45, 7) is 2.78. The molecule has 6 heteroatoms. The molecule has 3 aliphatic rings. The molecule has 2 N–H and O–H groups in total. The molecule has 2 aliphatic heterocycles. The number of rotatable bonds is 5. The molecule has 0 spiro atoms. The van der Waals surface area contributed by atoms with Gasteiger partial charge in [-0.1, -0.05) is 25.3 Å². The standard InChI is InChI=1S/C23H33N3O3/c1-25-12-10-16-6-8-19(14-18(16)11-13-25)26-21(15-24-23(26)29)20-5-3-2-4-17(20)7-9-22(27)28/h6,8,14,17,20-21H,2-5,7,9-13,15H2,1H3,(H,24,29)(H,27,28)/t17-,20+,21?/m0/s1. The van der Waals surface area contributed by atoms with Crippen LogP contribution in [0.2, 0.25) is 0 Å². The van der Waals surface area contributed by atoms with E-state index in [1.165, 1.54) is 24.0 Å². The Morgan fingerprint density at radius 1 is 1.17 bits per heavy atom. The van der Waals surface area contributed by atoms with Crippen molar-refractivity contribution in [2.45, 2.75) is 57.4 Å². The van der Waals surface area contributed by atoms with Gasteiger partial charge in [0, 0.05) is 31.7 Å². The Kier molecular flexibility index (Phi) is 6.09. The quantitative estimate of drug-likeness (QED) is 0.797. The fraction of sp³-hybridized carbons (Fsp3) is 0.652. The van der Waals surface area contributed by atoms with Crippen LogP contribution in [0.5, 0.6) is 0 Å². The second-order valence-electron chi connectivity index (χ2n) is 9.02. The van der Waals surface area contributed by atoms with Gasteiger partial charge in [-0.2, -0.15) is 0 Å². The fourth-order valence-electron chi connectivity index (χ4n) is 5.55. The molecule has 2 fully saturated rings. The summed E-state index contributed by atoms with van der Waals surface area (Å²) in [5.74, 6) is 0.0315. The van der Waals surface area contributed by atoms with Crippen molar-refractivity contribution in [1.29, 1.82) is 0 Å². The Morgan fingerprint density at radius 3 is 2.72 bits per heavy atom. The highest BCUT2D eigenvalue weighted by molar-refractivity contribution is 5.95. The highest BCUT2D eigenvalue weighted by atomic mass is 16.4. The zero-order valence-corrected chi connectivity index (χ0v) is 17.4. The van der Waals surface area contributed by atoms with E-state index < -0.39 is 5.97 Å². The number of hydrogen-bond acceptors (Lipinski definition) is 3. The van der Waals surface area contributed by atoms with E-state index in [2.05, 4.69) is 35.5 Å². The summed E-state index contributed by atoms with van der Waals surface area (Å²) < 4.78 is 0. The van der Waals surface area contributed by atoms with Crippen LogP contribution in [-0.4, -0.2) is 54.7 Å². The number of amides is 2. The van der Waals surface area contributed by atoms with Crippen LogP contribution in [0.25, 0.3) is 0 Å². The zero-order chi connectivity index (χ0) is 20.4. The van der Waals surface area contributed by atoms with E-state index in [9.17, 15) is 9.59 Å². The van der Waals surface area contributed by atoms with Crippen LogP contribution in [0.1, 0.15) is 49.7 Å². The van der Waals surface area contributed by atoms with Crippen LogP contribution in [0.4, 0.5) is 10.5 Å². The molecule has 2 heterocycles.